The van der Waals surface area contributed by atoms with Gasteiger partial charge in [-0.1, -0.05) is 29.8 Å². The van der Waals surface area contributed by atoms with Gasteiger partial charge < -0.3 is 15.5 Å². The second kappa shape index (κ2) is 9.39. The maximum atomic E-state index is 13.1. The van der Waals surface area contributed by atoms with Crippen LogP contribution in [-0.4, -0.2) is 36.9 Å². The summed E-state index contributed by atoms with van der Waals surface area (Å²) in [6, 6.07) is 15.3. The van der Waals surface area contributed by atoms with Crippen molar-refractivity contribution in [1.82, 2.24) is 4.90 Å². The minimum atomic E-state index is -0.241. The minimum Gasteiger partial charge on any atom is -0.324 e. The largest absolute Gasteiger partial charge is 0.324 e. The molecular formula is C24H26ClN3O2S. The average molecular weight is 456 g/mol. The number of benzene rings is 2. The third kappa shape index (κ3) is 4.92. The summed E-state index contributed by atoms with van der Waals surface area (Å²) < 4.78 is 0.968. The van der Waals surface area contributed by atoms with Crippen LogP contribution in [0.5, 0.6) is 0 Å². The van der Waals surface area contributed by atoms with Crippen LogP contribution in [0.15, 0.2) is 48.5 Å². The minimum absolute atomic E-state index is 0.00121. The molecule has 1 saturated carbocycles. The Morgan fingerprint density at radius 3 is 2.32 bits per heavy atom. The van der Waals surface area contributed by atoms with Crippen LogP contribution < -0.4 is 10.6 Å². The number of nitrogens with zero attached hydrogens (tertiary/aromatic N) is 1. The quantitative estimate of drug-likeness (QED) is 0.506. The van der Waals surface area contributed by atoms with E-state index < -0.39 is 0 Å². The van der Waals surface area contributed by atoms with E-state index in [2.05, 4.69) is 29.6 Å². The molecule has 0 spiro atoms. The number of fused-ring (bicyclic) bond motifs is 1. The highest BCUT2D eigenvalue weighted by Gasteiger charge is 2.29. The molecule has 2 N–H and O–H groups in total. The zero-order valence-corrected chi connectivity index (χ0v) is 19.2. The Labute approximate surface area is 191 Å². The molecule has 1 heterocycles. The molecule has 1 fully saturated rings. The fourth-order valence-electron chi connectivity index (χ4n) is 4.13. The molecule has 2 aromatic carbocycles. The van der Waals surface area contributed by atoms with E-state index in [1.54, 1.807) is 24.3 Å². The van der Waals surface area contributed by atoms with Gasteiger partial charge in [0.05, 0.1) is 5.69 Å². The van der Waals surface area contributed by atoms with Crippen LogP contribution in [0.1, 0.15) is 35.4 Å². The number of anilines is 2. The smallest absolute Gasteiger partial charge is 0.267 e. The Morgan fingerprint density at radius 1 is 0.968 bits per heavy atom. The van der Waals surface area contributed by atoms with E-state index in [0.717, 1.165) is 35.8 Å². The van der Waals surface area contributed by atoms with Gasteiger partial charge in [-0.15, -0.1) is 11.3 Å². The molecule has 0 saturated heterocycles. The predicted octanol–water partition coefficient (Wildman–Crippen LogP) is 5.87. The van der Waals surface area contributed by atoms with Crippen molar-refractivity contribution in [3.05, 3.63) is 58.4 Å². The molecular weight excluding hydrogens is 430 g/mol. The predicted molar refractivity (Wildman–Crippen MR) is 129 cm³/mol. The van der Waals surface area contributed by atoms with Crippen LogP contribution in [0.3, 0.4) is 0 Å². The number of amides is 2. The summed E-state index contributed by atoms with van der Waals surface area (Å²) in [4.78, 5) is 28.9. The van der Waals surface area contributed by atoms with E-state index in [4.69, 9.17) is 11.6 Å². The summed E-state index contributed by atoms with van der Waals surface area (Å²) in [5, 5.41) is 7.51. The van der Waals surface area contributed by atoms with Gasteiger partial charge in [0, 0.05) is 32.8 Å². The molecule has 1 aliphatic rings. The summed E-state index contributed by atoms with van der Waals surface area (Å²) in [6.07, 6.45) is 3.75. The third-order valence-electron chi connectivity index (χ3n) is 5.95. The molecule has 0 aliphatic heterocycles. The van der Waals surface area contributed by atoms with Gasteiger partial charge in [0.25, 0.3) is 5.91 Å². The third-order valence-corrected chi connectivity index (χ3v) is 7.37. The van der Waals surface area contributed by atoms with Gasteiger partial charge in [0.1, 0.15) is 4.88 Å². The number of rotatable bonds is 5. The standard InChI is InChI=1S/C24H26ClN3O2S/c1-28(2)18-13-7-15(8-14-18)23(29)27-21-19-5-3-4-6-20(19)31-22(21)24(30)26-17-11-9-16(25)10-12-17/h3-6,9-12,15,18H,7-8,13-14H2,1-2H3,(H,26,30)(H,27,29). The van der Waals surface area contributed by atoms with Gasteiger partial charge in [0.15, 0.2) is 0 Å². The van der Waals surface area contributed by atoms with Gasteiger partial charge in [-0.2, -0.15) is 0 Å². The molecule has 1 aromatic heterocycles. The molecule has 3 aromatic rings. The van der Waals surface area contributed by atoms with Crippen molar-refractivity contribution < 1.29 is 9.59 Å². The lowest BCUT2D eigenvalue weighted by Crippen LogP contribution is -2.35. The number of halogens is 1. The van der Waals surface area contributed by atoms with E-state index in [1.165, 1.54) is 11.3 Å². The topological polar surface area (TPSA) is 61.4 Å². The molecule has 4 rings (SSSR count). The van der Waals surface area contributed by atoms with Gasteiger partial charge in [-0.05, 0) is 70.1 Å². The van der Waals surface area contributed by atoms with Crippen molar-refractivity contribution in [2.75, 3.05) is 24.7 Å². The van der Waals surface area contributed by atoms with Crippen molar-refractivity contribution >= 4 is 56.2 Å². The number of hydrogen-bond donors (Lipinski definition) is 2. The molecule has 0 bridgehead atoms. The molecule has 7 heteroatoms. The van der Waals surface area contributed by atoms with Crippen molar-refractivity contribution in [1.29, 1.82) is 0 Å². The fourth-order valence-corrected chi connectivity index (χ4v) is 5.31. The molecule has 31 heavy (non-hydrogen) atoms. The fraction of sp³-hybridized carbons (Fsp3) is 0.333. The van der Waals surface area contributed by atoms with Crippen molar-refractivity contribution in [3.8, 4) is 0 Å². The van der Waals surface area contributed by atoms with Gasteiger partial charge in [0.2, 0.25) is 5.91 Å². The highest BCUT2D eigenvalue weighted by Crippen LogP contribution is 2.37. The van der Waals surface area contributed by atoms with Crippen molar-refractivity contribution in [2.24, 2.45) is 5.92 Å². The van der Waals surface area contributed by atoms with E-state index in [0.29, 0.717) is 27.3 Å². The number of carbonyl (C=O) groups excluding carboxylic acids is 2. The first-order chi connectivity index (χ1) is 14.9. The molecule has 0 unspecified atom stereocenters. The molecule has 5 nitrogen and oxygen atoms in total. The first-order valence-electron chi connectivity index (χ1n) is 10.5. The zero-order valence-electron chi connectivity index (χ0n) is 17.7. The molecule has 0 atom stereocenters. The summed E-state index contributed by atoms with van der Waals surface area (Å²) in [5.41, 5.74) is 1.26. The van der Waals surface area contributed by atoms with Crippen LogP contribution >= 0.6 is 22.9 Å². The number of carbonyl (C=O) groups is 2. The summed E-state index contributed by atoms with van der Waals surface area (Å²) in [7, 11) is 4.18. The van der Waals surface area contributed by atoms with Gasteiger partial charge in [-0.25, -0.2) is 0 Å². The molecule has 162 valence electrons. The van der Waals surface area contributed by atoms with E-state index in [1.807, 2.05) is 24.3 Å². The molecule has 1 aliphatic carbocycles. The summed E-state index contributed by atoms with van der Waals surface area (Å²) in [6.45, 7) is 0. The first-order valence-corrected chi connectivity index (χ1v) is 11.7. The monoisotopic (exact) mass is 455 g/mol. The maximum Gasteiger partial charge on any atom is 0.267 e. The summed E-state index contributed by atoms with van der Waals surface area (Å²) >= 11 is 7.33. The average Bonchev–Trinajstić information content (AvgIpc) is 3.14. The normalized spacial score (nSPS) is 18.8. The van der Waals surface area contributed by atoms with Crippen LogP contribution in [0.25, 0.3) is 10.1 Å². The van der Waals surface area contributed by atoms with Crippen LogP contribution in [0.4, 0.5) is 11.4 Å². The van der Waals surface area contributed by atoms with Crippen LogP contribution in [0.2, 0.25) is 5.02 Å². The van der Waals surface area contributed by atoms with E-state index in [9.17, 15) is 9.59 Å². The van der Waals surface area contributed by atoms with Crippen LogP contribution in [-0.2, 0) is 4.79 Å². The Balaban J connectivity index is 1.56. The lowest BCUT2D eigenvalue weighted by atomic mass is 9.85. The van der Waals surface area contributed by atoms with E-state index in [-0.39, 0.29) is 17.7 Å². The molecule has 0 radical (unpaired) electrons. The summed E-state index contributed by atoms with van der Waals surface area (Å²) in [5.74, 6) is -0.265. The van der Waals surface area contributed by atoms with Crippen LogP contribution in [0, 0.1) is 5.92 Å². The molecule has 2 amide bonds. The Hall–Kier alpha value is -2.41. The van der Waals surface area contributed by atoms with E-state index >= 15 is 0 Å². The Bertz CT molecular complexity index is 1090. The highest BCUT2D eigenvalue weighted by atomic mass is 35.5. The van der Waals surface area contributed by atoms with Crippen molar-refractivity contribution in [2.45, 2.75) is 31.7 Å². The maximum absolute atomic E-state index is 13.1. The second-order valence-electron chi connectivity index (χ2n) is 8.22. The Kier molecular flexibility index (Phi) is 6.60. The van der Waals surface area contributed by atoms with Crippen molar-refractivity contribution in [3.63, 3.8) is 0 Å². The lowest BCUT2D eigenvalue weighted by molar-refractivity contribution is -0.121. The second-order valence-corrected chi connectivity index (χ2v) is 9.71. The lowest BCUT2D eigenvalue weighted by Gasteiger charge is -2.32. The number of thiophene rings is 1. The SMILES string of the molecule is CN(C)C1CCC(C(=O)Nc2c(C(=O)Nc3ccc(Cl)cc3)sc3ccccc23)CC1. The van der Waals surface area contributed by atoms with Gasteiger partial charge >= 0.3 is 0 Å². The Morgan fingerprint density at radius 2 is 1.65 bits per heavy atom. The first kappa shape index (κ1) is 21.8. The number of hydrogen-bond acceptors (Lipinski definition) is 4. The zero-order chi connectivity index (χ0) is 22.0. The highest BCUT2D eigenvalue weighted by molar-refractivity contribution is 7.21. The number of nitrogens with one attached hydrogen (secondary N) is 2. The van der Waals surface area contributed by atoms with Gasteiger partial charge in [-0.3, -0.25) is 9.59 Å².